The van der Waals surface area contributed by atoms with Gasteiger partial charge in [-0.15, -0.1) is 11.3 Å². The van der Waals surface area contributed by atoms with Crippen LogP contribution in [-0.2, 0) is 13.1 Å². The van der Waals surface area contributed by atoms with E-state index in [1.54, 1.807) is 0 Å². The highest BCUT2D eigenvalue weighted by molar-refractivity contribution is 7.12. The molecular formula is C17H24N2S. The Hall–Kier alpha value is -1.32. The minimum Gasteiger partial charge on any atom is -0.367 e. The van der Waals surface area contributed by atoms with Crippen molar-refractivity contribution >= 4 is 17.0 Å². The van der Waals surface area contributed by atoms with Gasteiger partial charge in [-0.3, -0.25) is 0 Å². The number of anilines is 1. The van der Waals surface area contributed by atoms with E-state index in [9.17, 15) is 0 Å². The van der Waals surface area contributed by atoms with Crippen LogP contribution in [0.2, 0.25) is 0 Å². The first-order chi connectivity index (χ1) is 9.74. The molecule has 0 bridgehead atoms. The van der Waals surface area contributed by atoms with E-state index in [1.165, 1.54) is 33.8 Å². The van der Waals surface area contributed by atoms with Crippen LogP contribution in [0.3, 0.4) is 0 Å². The number of nitrogens with two attached hydrogens (primary N) is 1. The summed E-state index contributed by atoms with van der Waals surface area (Å²) in [5.41, 5.74) is 8.47. The Morgan fingerprint density at radius 3 is 2.55 bits per heavy atom. The SMILES string of the molecule is CCCCN(Cc1cc(CN)sc1C)c1ccccc1. The zero-order valence-electron chi connectivity index (χ0n) is 12.4. The molecule has 0 saturated heterocycles. The average molecular weight is 288 g/mol. The molecule has 0 aliphatic heterocycles. The highest BCUT2D eigenvalue weighted by atomic mass is 32.1. The van der Waals surface area contributed by atoms with Crippen molar-refractivity contribution in [3.05, 3.63) is 51.7 Å². The molecule has 0 amide bonds. The summed E-state index contributed by atoms with van der Waals surface area (Å²) in [5.74, 6) is 0. The summed E-state index contributed by atoms with van der Waals surface area (Å²) < 4.78 is 0. The highest BCUT2D eigenvalue weighted by Crippen LogP contribution is 2.25. The summed E-state index contributed by atoms with van der Waals surface area (Å²) >= 11 is 1.82. The maximum absolute atomic E-state index is 5.75. The van der Waals surface area contributed by atoms with Crippen molar-refractivity contribution in [3.8, 4) is 0 Å². The van der Waals surface area contributed by atoms with Crippen LogP contribution in [0.5, 0.6) is 0 Å². The van der Waals surface area contributed by atoms with Crippen LogP contribution < -0.4 is 10.6 Å². The molecule has 20 heavy (non-hydrogen) atoms. The van der Waals surface area contributed by atoms with Gasteiger partial charge in [0.15, 0.2) is 0 Å². The molecule has 0 atom stereocenters. The molecule has 0 radical (unpaired) electrons. The molecule has 108 valence electrons. The van der Waals surface area contributed by atoms with Crippen LogP contribution in [0.1, 0.15) is 35.1 Å². The van der Waals surface area contributed by atoms with Crippen LogP contribution in [-0.4, -0.2) is 6.54 Å². The standard InChI is InChI=1S/C17H24N2S/c1-3-4-10-19(16-8-6-5-7-9-16)13-15-11-17(12-18)20-14(15)2/h5-9,11H,3-4,10,12-13,18H2,1-2H3. The number of hydrogen-bond acceptors (Lipinski definition) is 3. The number of benzene rings is 1. The smallest absolute Gasteiger partial charge is 0.0440 e. The molecule has 0 fully saturated rings. The molecule has 1 heterocycles. The lowest BCUT2D eigenvalue weighted by Crippen LogP contribution is -2.23. The normalized spacial score (nSPS) is 10.8. The van der Waals surface area contributed by atoms with E-state index in [-0.39, 0.29) is 0 Å². The lowest BCUT2D eigenvalue weighted by Gasteiger charge is -2.24. The Kier molecular flexibility index (Phi) is 5.62. The van der Waals surface area contributed by atoms with E-state index in [0.717, 1.165) is 13.1 Å². The minimum absolute atomic E-state index is 0.645. The number of para-hydroxylation sites is 1. The van der Waals surface area contributed by atoms with E-state index in [2.05, 4.69) is 55.1 Å². The van der Waals surface area contributed by atoms with Crippen LogP contribution >= 0.6 is 11.3 Å². The Balaban J connectivity index is 2.16. The lowest BCUT2D eigenvalue weighted by molar-refractivity contribution is 0.715. The third kappa shape index (κ3) is 3.84. The van der Waals surface area contributed by atoms with Gasteiger partial charge in [-0.25, -0.2) is 0 Å². The van der Waals surface area contributed by atoms with Crippen LogP contribution in [0.25, 0.3) is 0 Å². The van der Waals surface area contributed by atoms with Crippen molar-refractivity contribution in [1.82, 2.24) is 0 Å². The van der Waals surface area contributed by atoms with E-state index < -0.39 is 0 Å². The summed E-state index contributed by atoms with van der Waals surface area (Å²) in [5, 5.41) is 0. The van der Waals surface area contributed by atoms with Crippen molar-refractivity contribution in [2.75, 3.05) is 11.4 Å². The number of aryl methyl sites for hydroxylation is 1. The summed E-state index contributed by atoms with van der Waals surface area (Å²) in [7, 11) is 0. The molecule has 1 aromatic heterocycles. The van der Waals surface area contributed by atoms with E-state index in [1.807, 2.05) is 11.3 Å². The summed E-state index contributed by atoms with van der Waals surface area (Å²) in [4.78, 5) is 5.14. The van der Waals surface area contributed by atoms with Crippen molar-refractivity contribution in [2.45, 2.75) is 39.8 Å². The fourth-order valence-electron chi connectivity index (χ4n) is 2.34. The predicted molar refractivity (Wildman–Crippen MR) is 89.3 cm³/mol. The van der Waals surface area contributed by atoms with Crippen LogP contribution in [0.4, 0.5) is 5.69 Å². The number of unbranched alkanes of at least 4 members (excludes halogenated alkanes) is 1. The molecule has 0 saturated carbocycles. The third-order valence-electron chi connectivity index (χ3n) is 3.54. The number of nitrogens with zero attached hydrogens (tertiary/aromatic N) is 1. The molecule has 2 N–H and O–H groups in total. The second kappa shape index (κ2) is 7.46. The molecule has 2 nitrogen and oxygen atoms in total. The number of thiophene rings is 1. The molecule has 0 spiro atoms. The number of rotatable bonds is 7. The van der Waals surface area contributed by atoms with Gasteiger partial charge >= 0.3 is 0 Å². The van der Waals surface area contributed by atoms with Gasteiger partial charge in [0.1, 0.15) is 0 Å². The third-order valence-corrected chi connectivity index (χ3v) is 4.65. The van der Waals surface area contributed by atoms with Gasteiger partial charge in [0.25, 0.3) is 0 Å². The lowest BCUT2D eigenvalue weighted by atomic mass is 10.2. The average Bonchev–Trinajstić information content (AvgIpc) is 2.84. The van der Waals surface area contributed by atoms with Gasteiger partial charge in [0, 0.05) is 35.1 Å². The van der Waals surface area contributed by atoms with Gasteiger partial charge in [-0.05, 0) is 37.1 Å². The van der Waals surface area contributed by atoms with Crippen molar-refractivity contribution < 1.29 is 0 Å². The second-order valence-corrected chi connectivity index (χ2v) is 6.45. The Bertz CT molecular complexity index is 519. The Morgan fingerprint density at radius 2 is 1.95 bits per heavy atom. The summed E-state index contributed by atoms with van der Waals surface area (Å²) in [6.07, 6.45) is 2.45. The first-order valence-corrected chi connectivity index (χ1v) is 8.14. The van der Waals surface area contributed by atoms with Crippen molar-refractivity contribution in [3.63, 3.8) is 0 Å². The molecule has 2 rings (SSSR count). The molecule has 1 aromatic carbocycles. The Labute approximate surface area is 126 Å². The largest absolute Gasteiger partial charge is 0.367 e. The first-order valence-electron chi connectivity index (χ1n) is 7.32. The van der Waals surface area contributed by atoms with Crippen molar-refractivity contribution in [2.24, 2.45) is 5.73 Å². The monoisotopic (exact) mass is 288 g/mol. The fourth-order valence-corrected chi connectivity index (χ4v) is 3.27. The Morgan fingerprint density at radius 1 is 1.20 bits per heavy atom. The van der Waals surface area contributed by atoms with Gasteiger partial charge < -0.3 is 10.6 Å². The van der Waals surface area contributed by atoms with Crippen molar-refractivity contribution in [1.29, 1.82) is 0 Å². The van der Waals surface area contributed by atoms with Gasteiger partial charge in [-0.1, -0.05) is 31.5 Å². The number of hydrogen-bond donors (Lipinski definition) is 1. The maximum Gasteiger partial charge on any atom is 0.0440 e. The van der Waals surface area contributed by atoms with E-state index in [0.29, 0.717) is 6.54 Å². The maximum atomic E-state index is 5.75. The van der Waals surface area contributed by atoms with E-state index >= 15 is 0 Å². The van der Waals surface area contributed by atoms with Gasteiger partial charge in [-0.2, -0.15) is 0 Å². The quantitative estimate of drug-likeness (QED) is 0.822. The van der Waals surface area contributed by atoms with Crippen LogP contribution in [0.15, 0.2) is 36.4 Å². The minimum atomic E-state index is 0.645. The second-order valence-electron chi connectivity index (χ2n) is 5.11. The first kappa shape index (κ1) is 15.1. The topological polar surface area (TPSA) is 29.3 Å². The molecule has 2 aromatic rings. The summed E-state index contributed by atoms with van der Waals surface area (Å²) in [6, 6.07) is 13.0. The molecule has 3 heteroatoms. The zero-order valence-corrected chi connectivity index (χ0v) is 13.2. The highest BCUT2D eigenvalue weighted by Gasteiger charge is 2.11. The molecule has 0 aliphatic carbocycles. The fraction of sp³-hybridized carbons (Fsp3) is 0.412. The van der Waals surface area contributed by atoms with E-state index in [4.69, 9.17) is 5.73 Å². The molecule has 0 unspecified atom stereocenters. The zero-order chi connectivity index (χ0) is 14.4. The summed E-state index contributed by atoms with van der Waals surface area (Å²) in [6.45, 7) is 7.17. The van der Waals surface area contributed by atoms with Gasteiger partial charge in [0.2, 0.25) is 0 Å². The van der Waals surface area contributed by atoms with Gasteiger partial charge in [0.05, 0.1) is 0 Å². The molecular weight excluding hydrogens is 264 g/mol. The predicted octanol–water partition coefficient (Wildman–Crippen LogP) is 4.32. The van der Waals surface area contributed by atoms with Crippen LogP contribution in [0, 0.1) is 6.92 Å². The molecule has 0 aliphatic rings.